The molecular formula is C18H15FIN3O4. The number of nitrogens with one attached hydrogen (secondary N) is 1. The number of carbonyl (C=O) groups excluding carboxylic acids is 1. The second-order valence-electron chi connectivity index (χ2n) is 6.27. The van der Waals surface area contributed by atoms with Gasteiger partial charge in [0.1, 0.15) is 17.1 Å². The lowest BCUT2D eigenvalue weighted by molar-refractivity contribution is 0.0572. The van der Waals surface area contributed by atoms with Gasteiger partial charge in [-0.2, -0.15) is 0 Å². The molecule has 1 saturated heterocycles. The Morgan fingerprint density at radius 2 is 2.04 bits per heavy atom. The van der Waals surface area contributed by atoms with E-state index in [0.717, 1.165) is 3.57 Å². The zero-order chi connectivity index (χ0) is 19.1. The van der Waals surface area contributed by atoms with Crippen molar-refractivity contribution >= 4 is 50.8 Å². The average molecular weight is 483 g/mol. The number of hydrogen-bond donors (Lipinski definition) is 3. The van der Waals surface area contributed by atoms with Gasteiger partial charge < -0.3 is 24.8 Å². The van der Waals surface area contributed by atoms with Crippen LogP contribution in [0.5, 0.6) is 0 Å². The molecule has 4 rings (SSSR count). The van der Waals surface area contributed by atoms with Gasteiger partial charge >= 0.3 is 0 Å². The Hall–Kier alpha value is -2.24. The van der Waals surface area contributed by atoms with E-state index in [4.69, 9.17) is 4.42 Å². The largest absolute Gasteiger partial charge is 0.448 e. The molecule has 0 radical (unpaired) electrons. The summed E-state index contributed by atoms with van der Waals surface area (Å²) in [5, 5.41) is 22.9. The van der Waals surface area contributed by atoms with Crippen molar-refractivity contribution in [2.45, 2.75) is 12.2 Å². The van der Waals surface area contributed by atoms with Crippen LogP contribution in [0.25, 0.3) is 11.0 Å². The highest BCUT2D eigenvalue weighted by Gasteiger charge is 2.35. The lowest BCUT2D eigenvalue weighted by Gasteiger charge is -2.15. The molecule has 0 unspecified atom stereocenters. The molecule has 2 aromatic heterocycles. The third kappa shape index (κ3) is 3.37. The Labute approximate surface area is 166 Å². The highest BCUT2D eigenvalue weighted by Crippen LogP contribution is 2.35. The number of amides is 1. The van der Waals surface area contributed by atoms with Crippen LogP contribution in [0, 0.1) is 9.39 Å². The van der Waals surface area contributed by atoms with Gasteiger partial charge in [0, 0.05) is 29.1 Å². The van der Waals surface area contributed by atoms with E-state index in [-0.39, 0.29) is 24.5 Å². The molecular weight excluding hydrogens is 468 g/mol. The number of aliphatic hydroxyl groups excluding tert-OH is 2. The average Bonchev–Trinajstić information content (AvgIpc) is 3.17. The van der Waals surface area contributed by atoms with E-state index < -0.39 is 23.9 Å². The van der Waals surface area contributed by atoms with Crippen molar-refractivity contribution in [3.63, 3.8) is 0 Å². The summed E-state index contributed by atoms with van der Waals surface area (Å²) < 4.78 is 20.7. The first-order chi connectivity index (χ1) is 12.9. The van der Waals surface area contributed by atoms with Gasteiger partial charge in [-0.05, 0) is 46.9 Å². The first-order valence-corrected chi connectivity index (χ1v) is 9.26. The smallest absolute Gasteiger partial charge is 0.292 e. The van der Waals surface area contributed by atoms with Crippen molar-refractivity contribution in [1.29, 1.82) is 0 Å². The second-order valence-corrected chi connectivity index (χ2v) is 7.52. The third-order valence-electron chi connectivity index (χ3n) is 4.42. The number of benzene rings is 1. The predicted octanol–water partition coefficient (Wildman–Crippen LogP) is 2.49. The summed E-state index contributed by atoms with van der Waals surface area (Å²) in [7, 11) is 0. The summed E-state index contributed by atoms with van der Waals surface area (Å²) in [4.78, 5) is 18.3. The SMILES string of the molecule is O=C(c1oc2ccncc2c1Nc1ccc(I)cc1F)N1C[C@@H](O)[C@@H](O)C1. The molecule has 1 amide bonds. The number of β-amino-alcohol motifs (C(OH)–C–C–N with tert-alkyl or cyclic N) is 2. The van der Waals surface area contributed by atoms with E-state index in [1.54, 1.807) is 18.2 Å². The lowest BCUT2D eigenvalue weighted by Crippen LogP contribution is -2.30. The van der Waals surface area contributed by atoms with Gasteiger partial charge in [-0.15, -0.1) is 0 Å². The fourth-order valence-electron chi connectivity index (χ4n) is 3.02. The highest BCUT2D eigenvalue weighted by molar-refractivity contribution is 14.1. The van der Waals surface area contributed by atoms with Gasteiger partial charge in [-0.1, -0.05) is 0 Å². The Bertz CT molecular complexity index is 1020. The van der Waals surface area contributed by atoms with Crippen LogP contribution in [0.2, 0.25) is 0 Å². The topological polar surface area (TPSA) is 98.8 Å². The van der Waals surface area contributed by atoms with Crippen LogP contribution in [0.3, 0.4) is 0 Å². The summed E-state index contributed by atoms with van der Waals surface area (Å²) in [6.07, 6.45) is 1.03. The number of pyridine rings is 1. The predicted molar refractivity (Wildman–Crippen MR) is 104 cm³/mol. The van der Waals surface area contributed by atoms with E-state index in [1.807, 2.05) is 22.6 Å². The van der Waals surface area contributed by atoms with Crippen LogP contribution in [0.15, 0.2) is 41.1 Å². The molecule has 1 fully saturated rings. The van der Waals surface area contributed by atoms with E-state index in [0.29, 0.717) is 16.7 Å². The van der Waals surface area contributed by atoms with Crippen molar-refractivity contribution in [1.82, 2.24) is 9.88 Å². The molecule has 9 heteroatoms. The van der Waals surface area contributed by atoms with Gasteiger partial charge in [0.2, 0.25) is 5.76 Å². The number of likely N-dealkylation sites (tertiary alicyclic amines) is 1. The van der Waals surface area contributed by atoms with Gasteiger partial charge in [-0.25, -0.2) is 4.39 Å². The fourth-order valence-corrected chi connectivity index (χ4v) is 3.47. The Kier molecular flexibility index (Phi) is 4.74. The van der Waals surface area contributed by atoms with Crippen LogP contribution < -0.4 is 5.32 Å². The summed E-state index contributed by atoms with van der Waals surface area (Å²) in [6, 6.07) is 6.29. The number of aromatic nitrogens is 1. The minimum atomic E-state index is -1.01. The van der Waals surface area contributed by atoms with Crippen molar-refractivity contribution in [2.75, 3.05) is 18.4 Å². The minimum absolute atomic E-state index is 0.00731. The molecule has 7 nitrogen and oxygen atoms in total. The number of rotatable bonds is 3. The maximum absolute atomic E-state index is 14.3. The first kappa shape index (κ1) is 18.1. The number of carbonyl (C=O) groups is 1. The summed E-state index contributed by atoms with van der Waals surface area (Å²) >= 11 is 2.01. The summed E-state index contributed by atoms with van der Waals surface area (Å²) in [6.45, 7) is -0.0146. The van der Waals surface area contributed by atoms with E-state index in [9.17, 15) is 19.4 Å². The monoisotopic (exact) mass is 483 g/mol. The molecule has 3 aromatic rings. The fraction of sp³-hybridized carbons (Fsp3) is 0.222. The zero-order valence-corrected chi connectivity index (χ0v) is 16.1. The number of nitrogens with zero attached hydrogens (tertiary/aromatic N) is 2. The second kappa shape index (κ2) is 7.06. The van der Waals surface area contributed by atoms with Gasteiger partial charge in [0.05, 0.1) is 23.3 Å². The Balaban J connectivity index is 1.76. The van der Waals surface area contributed by atoms with Crippen molar-refractivity contribution in [3.8, 4) is 0 Å². The van der Waals surface area contributed by atoms with Gasteiger partial charge in [0.15, 0.2) is 0 Å². The molecule has 0 spiro atoms. The molecule has 1 aliphatic heterocycles. The number of anilines is 2. The molecule has 3 heterocycles. The van der Waals surface area contributed by atoms with Gasteiger partial charge in [0.25, 0.3) is 5.91 Å². The van der Waals surface area contributed by atoms with Gasteiger partial charge in [-0.3, -0.25) is 9.78 Å². The molecule has 1 aliphatic rings. The number of halogens is 2. The molecule has 0 saturated carbocycles. The standard InChI is InChI=1S/C18H15FIN3O4/c19-11-5-9(20)1-2-12(11)22-16-10-6-21-4-3-15(10)27-17(16)18(26)23-7-13(24)14(25)8-23/h1-6,13-14,22,24-25H,7-8H2/t13-,14+. The molecule has 27 heavy (non-hydrogen) atoms. The molecule has 2 atom stereocenters. The zero-order valence-electron chi connectivity index (χ0n) is 13.9. The first-order valence-electron chi connectivity index (χ1n) is 8.18. The van der Waals surface area contributed by atoms with E-state index in [1.165, 1.54) is 23.4 Å². The highest BCUT2D eigenvalue weighted by atomic mass is 127. The molecule has 3 N–H and O–H groups in total. The van der Waals surface area contributed by atoms with Crippen LogP contribution in [0.1, 0.15) is 10.6 Å². The third-order valence-corrected chi connectivity index (χ3v) is 5.09. The maximum atomic E-state index is 14.3. The lowest BCUT2D eigenvalue weighted by atomic mass is 10.2. The van der Waals surface area contributed by atoms with Crippen LogP contribution >= 0.6 is 22.6 Å². The van der Waals surface area contributed by atoms with Crippen molar-refractivity contribution in [2.24, 2.45) is 0 Å². The van der Waals surface area contributed by atoms with E-state index >= 15 is 0 Å². The summed E-state index contributed by atoms with van der Waals surface area (Å²) in [5.74, 6) is -1.00. The molecule has 0 aliphatic carbocycles. The van der Waals surface area contributed by atoms with Crippen molar-refractivity contribution < 1.29 is 23.8 Å². The quantitative estimate of drug-likeness (QED) is 0.496. The molecule has 0 bridgehead atoms. The van der Waals surface area contributed by atoms with Crippen LogP contribution in [0.4, 0.5) is 15.8 Å². The van der Waals surface area contributed by atoms with Crippen molar-refractivity contribution in [3.05, 3.63) is 51.8 Å². The Morgan fingerprint density at radius 3 is 2.74 bits per heavy atom. The normalized spacial score (nSPS) is 19.6. The molecule has 1 aromatic carbocycles. The number of hydrogen-bond acceptors (Lipinski definition) is 6. The summed E-state index contributed by atoms with van der Waals surface area (Å²) in [5.41, 5.74) is 0.902. The maximum Gasteiger partial charge on any atom is 0.292 e. The Morgan fingerprint density at radius 1 is 1.30 bits per heavy atom. The number of fused-ring (bicyclic) bond motifs is 1. The van der Waals surface area contributed by atoms with Crippen LogP contribution in [-0.4, -0.2) is 51.3 Å². The van der Waals surface area contributed by atoms with E-state index in [2.05, 4.69) is 10.3 Å². The number of furan rings is 1. The molecule has 140 valence electrons. The minimum Gasteiger partial charge on any atom is -0.448 e. The number of aliphatic hydroxyl groups is 2. The van der Waals surface area contributed by atoms with Crippen LogP contribution in [-0.2, 0) is 0 Å².